The van der Waals surface area contributed by atoms with E-state index in [1.54, 1.807) is 0 Å². The van der Waals surface area contributed by atoms with Crippen molar-refractivity contribution in [2.75, 3.05) is 0 Å². The monoisotopic (exact) mass is 351 g/mol. The highest BCUT2D eigenvalue weighted by Crippen LogP contribution is 2.49. The Morgan fingerprint density at radius 2 is 1.23 bits per heavy atom. The first kappa shape index (κ1) is 15.7. The quantitative estimate of drug-likeness (QED) is 0.521. The third-order valence-corrected chi connectivity index (χ3v) is 5.83. The van der Waals surface area contributed by atoms with Crippen LogP contribution in [0.15, 0.2) is 53.7 Å². The van der Waals surface area contributed by atoms with Crippen molar-refractivity contribution in [3.63, 3.8) is 0 Å². The van der Waals surface area contributed by atoms with E-state index in [0.717, 1.165) is 28.6 Å². The van der Waals surface area contributed by atoms with Crippen LogP contribution in [-0.4, -0.2) is 10.9 Å². The molecule has 1 saturated heterocycles. The Labute approximate surface area is 144 Å². The van der Waals surface area contributed by atoms with E-state index in [9.17, 15) is 5.21 Å². The molecule has 3 rings (SSSR count). The van der Waals surface area contributed by atoms with Gasteiger partial charge in [-0.3, -0.25) is 0 Å². The maximum atomic E-state index is 9.25. The summed E-state index contributed by atoms with van der Waals surface area (Å²) in [6, 6.07) is 15.8. The van der Waals surface area contributed by atoms with Gasteiger partial charge >= 0.3 is 0 Å². The van der Waals surface area contributed by atoms with Crippen molar-refractivity contribution >= 4 is 40.7 Å². The Hall–Kier alpha value is -1.16. The topological polar surface area (TPSA) is 32.6 Å². The largest absolute Gasteiger partial charge is 0.411 e. The normalized spacial score (nSPS) is 21.6. The molecule has 2 aromatic carbocycles. The van der Waals surface area contributed by atoms with Crippen molar-refractivity contribution in [2.45, 2.75) is 23.3 Å². The van der Waals surface area contributed by atoms with Gasteiger partial charge in [0, 0.05) is 33.4 Å². The van der Waals surface area contributed by atoms with E-state index < -0.39 is 0 Å². The second-order valence-electron chi connectivity index (χ2n) is 5.29. The predicted molar refractivity (Wildman–Crippen MR) is 94.4 cm³/mol. The number of thioether (sulfide) groups is 1. The molecule has 0 radical (unpaired) electrons. The Kier molecular flexibility index (Phi) is 4.97. The van der Waals surface area contributed by atoms with E-state index >= 15 is 0 Å². The highest BCUT2D eigenvalue weighted by molar-refractivity contribution is 7.99. The van der Waals surface area contributed by atoms with Crippen molar-refractivity contribution in [3.05, 3.63) is 69.7 Å². The number of oxime groups is 1. The standard InChI is InChI=1S/C17H15Cl2NOS/c18-13-5-1-11(2-6-13)16-9-15(20-21)10-17(22-16)12-3-7-14(19)8-4-12/h1-8,16-17,21H,9-10H2. The van der Waals surface area contributed by atoms with E-state index in [-0.39, 0.29) is 10.5 Å². The Morgan fingerprint density at radius 3 is 1.59 bits per heavy atom. The summed E-state index contributed by atoms with van der Waals surface area (Å²) < 4.78 is 0. The van der Waals surface area contributed by atoms with E-state index in [0.29, 0.717) is 0 Å². The van der Waals surface area contributed by atoms with Gasteiger partial charge in [-0.25, -0.2) is 0 Å². The zero-order chi connectivity index (χ0) is 15.5. The summed E-state index contributed by atoms with van der Waals surface area (Å²) in [5.41, 5.74) is 3.24. The molecule has 2 nitrogen and oxygen atoms in total. The lowest BCUT2D eigenvalue weighted by atomic mass is 10.00. The van der Waals surface area contributed by atoms with Gasteiger partial charge < -0.3 is 5.21 Å². The summed E-state index contributed by atoms with van der Waals surface area (Å²) >= 11 is 13.8. The smallest absolute Gasteiger partial charge is 0.0599 e. The molecule has 1 fully saturated rings. The first-order valence-electron chi connectivity index (χ1n) is 7.02. The number of benzene rings is 2. The highest BCUT2D eigenvalue weighted by Gasteiger charge is 2.29. The fourth-order valence-electron chi connectivity index (χ4n) is 2.64. The van der Waals surface area contributed by atoms with Crippen LogP contribution in [0.2, 0.25) is 10.0 Å². The zero-order valence-corrected chi connectivity index (χ0v) is 14.1. The minimum absolute atomic E-state index is 0.262. The van der Waals surface area contributed by atoms with Gasteiger partial charge in [0.05, 0.1) is 5.71 Å². The summed E-state index contributed by atoms with van der Waals surface area (Å²) in [6.07, 6.45) is 1.51. The van der Waals surface area contributed by atoms with Gasteiger partial charge in [0.15, 0.2) is 0 Å². The summed E-state index contributed by atoms with van der Waals surface area (Å²) in [5, 5.41) is 14.7. The van der Waals surface area contributed by atoms with Crippen molar-refractivity contribution < 1.29 is 5.21 Å². The van der Waals surface area contributed by atoms with Gasteiger partial charge in [-0.05, 0) is 35.4 Å². The summed E-state index contributed by atoms with van der Waals surface area (Å²) in [7, 11) is 0. The predicted octanol–water partition coefficient (Wildman–Crippen LogP) is 6.13. The maximum Gasteiger partial charge on any atom is 0.0599 e. The van der Waals surface area contributed by atoms with Crippen LogP contribution in [0, 0.1) is 0 Å². The fourth-order valence-corrected chi connectivity index (χ4v) is 4.49. The van der Waals surface area contributed by atoms with Crippen LogP contribution in [0.25, 0.3) is 0 Å². The number of hydrogen-bond acceptors (Lipinski definition) is 3. The molecule has 0 bridgehead atoms. The SMILES string of the molecule is ON=C1CC(c2ccc(Cl)cc2)SC(c2ccc(Cl)cc2)C1. The molecule has 2 aromatic rings. The lowest BCUT2D eigenvalue weighted by Crippen LogP contribution is -2.16. The minimum Gasteiger partial charge on any atom is -0.411 e. The Bertz CT molecular complexity index is 615. The van der Waals surface area contributed by atoms with E-state index in [2.05, 4.69) is 5.16 Å². The van der Waals surface area contributed by atoms with Gasteiger partial charge in [0.2, 0.25) is 0 Å². The van der Waals surface area contributed by atoms with Crippen molar-refractivity contribution in [1.82, 2.24) is 0 Å². The first-order chi connectivity index (χ1) is 10.7. The molecular formula is C17H15Cl2NOS. The van der Waals surface area contributed by atoms with Gasteiger partial charge in [-0.2, -0.15) is 0 Å². The molecule has 22 heavy (non-hydrogen) atoms. The Morgan fingerprint density at radius 1 is 0.818 bits per heavy atom. The molecule has 0 aromatic heterocycles. The molecule has 1 heterocycles. The van der Waals surface area contributed by atoms with Gasteiger partial charge in [0.25, 0.3) is 0 Å². The van der Waals surface area contributed by atoms with Crippen LogP contribution in [0.1, 0.15) is 34.5 Å². The molecule has 1 N–H and O–H groups in total. The van der Waals surface area contributed by atoms with E-state index in [1.165, 1.54) is 11.1 Å². The number of rotatable bonds is 2. The summed E-state index contributed by atoms with van der Waals surface area (Å²) in [6.45, 7) is 0. The van der Waals surface area contributed by atoms with Crippen LogP contribution in [-0.2, 0) is 0 Å². The molecule has 1 aliphatic heterocycles. The number of nitrogens with zero attached hydrogens (tertiary/aromatic N) is 1. The number of hydrogen-bond donors (Lipinski definition) is 1. The molecule has 114 valence electrons. The Balaban J connectivity index is 1.86. The first-order valence-corrected chi connectivity index (χ1v) is 8.72. The van der Waals surface area contributed by atoms with Crippen LogP contribution in [0.4, 0.5) is 0 Å². The second-order valence-corrected chi connectivity index (χ2v) is 7.57. The summed E-state index contributed by atoms with van der Waals surface area (Å²) in [4.78, 5) is 0. The van der Waals surface area contributed by atoms with Crippen LogP contribution < -0.4 is 0 Å². The zero-order valence-electron chi connectivity index (χ0n) is 11.7. The van der Waals surface area contributed by atoms with Crippen molar-refractivity contribution in [1.29, 1.82) is 0 Å². The molecule has 0 saturated carbocycles. The lowest BCUT2D eigenvalue weighted by molar-refractivity contribution is 0.315. The molecule has 2 atom stereocenters. The van der Waals surface area contributed by atoms with Crippen LogP contribution in [0.3, 0.4) is 0 Å². The number of halogens is 2. The van der Waals surface area contributed by atoms with Crippen LogP contribution >= 0.6 is 35.0 Å². The molecule has 0 amide bonds. The molecule has 1 aliphatic rings. The van der Waals surface area contributed by atoms with E-state index in [4.69, 9.17) is 23.2 Å². The molecular weight excluding hydrogens is 337 g/mol. The molecule has 2 unspecified atom stereocenters. The van der Waals surface area contributed by atoms with Gasteiger partial charge in [-0.15, -0.1) is 11.8 Å². The second kappa shape index (κ2) is 6.95. The maximum absolute atomic E-state index is 9.25. The van der Waals surface area contributed by atoms with Gasteiger partial charge in [-0.1, -0.05) is 52.6 Å². The molecule has 0 spiro atoms. The highest BCUT2D eigenvalue weighted by atomic mass is 35.5. The fraction of sp³-hybridized carbons (Fsp3) is 0.235. The van der Waals surface area contributed by atoms with Crippen molar-refractivity contribution in [3.8, 4) is 0 Å². The average molecular weight is 352 g/mol. The lowest BCUT2D eigenvalue weighted by Gasteiger charge is -2.30. The third-order valence-electron chi connectivity index (χ3n) is 3.80. The molecule has 5 heteroatoms. The average Bonchev–Trinajstić information content (AvgIpc) is 2.55. The summed E-state index contributed by atoms with van der Waals surface area (Å²) in [5.74, 6) is 0. The van der Waals surface area contributed by atoms with Crippen LogP contribution in [0.5, 0.6) is 0 Å². The van der Waals surface area contributed by atoms with Crippen molar-refractivity contribution in [2.24, 2.45) is 5.16 Å². The molecule has 0 aliphatic carbocycles. The third kappa shape index (κ3) is 3.60. The van der Waals surface area contributed by atoms with Gasteiger partial charge in [0.1, 0.15) is 0 Å². The van der Waals surface area contributed by atoms with E-state index in [1.807, 2.05) is 60.3 Å². The minimum atomic E-state index is 0.262.